The molecule has 0 aromatic heterocycles. The van der Waals surface area contributed by atoms with Crippen LogP contribution in [-0.4, -0.2) is 25.1 Å². The van der Waals surface area contributed by atoms with Gasteiger partial charge in [-0.05, 0) is 70.1 Å². The van der Waals surface area contributed by atoms with Crippen LogP contribution < -0.4 is 19.5 Å². The van der Waals surface area contributed by atoms with Crippen molar-refractivity contribution in [2.24, 2.45) is 0 Å². The van der Waals surface area contributed by atoms with Gasteiger partial charge in [0.2, 0.25) is 0 Å². The highest BCUT2D eigenvalue weighted by atomic mass is 127. The number of nitrogens with zero attached hydrogens (tertiary/aromatic N) is 2. The Bertz CT molecular complexity index is 1370. The van der Waals surface area contributed by atoms with Crippen molar-refractivity contribution < 1.29 is 28.3 Å². The fourth-order valence-electron chi connectivity index (χ4n) is 3.10. The molecule has 0 aliphatic rings. The fourth-order valence-corrected chi connectivity index (χ4v) is 3.88. The van der Waals surface area contributed by atoms with E-state index in [-0.39, 0.29) is 35.1 Å². The molecule has 0 fully saturated rings. The molecule has 0 bridgehead atoms. The molecule has 1 N–H and O–H groups in total. The highest BCUT2D eigenvalue weighted by Crippen LogP contribution is 2.35. The molecule has 0 aliphatic heterocycles. The van der Waals surface area contributed by atoms with E-state index in [4.69, 9.17) is 14.2 Å². The highest BCUT2D eigenvalue weighted by molar-refractivity contribution is 14.1. The van der Waals surface area contributed by atoms with Gasteiger partial charge in [0.1, 0.15) is 29.8 Å². The van der Waals surface area contributed by atoms with Gasteiger partial charge in [-0.3, -0.25) is 14.9 Å². The van der Waals surface area contributed by atoms with Crippen LogP contribution in [0.5, 0.6) is 17.2 Å². The van der Waals surface area contributed by atoms with E-state index in [0.717, 1.165) is 5.56 Å². The number of nitro groups is 1. The molecule has 1 amide bonds. The zero-order chi connectivity index (χ0) is 26.2. The van der Waals surface area contributed by atoms with E-state index in [2.05, 4.69) is 5.32 Å². The number of ether oxygens (including phenoxy) is 3. The first-order chi connectivity index (χ1) is 17.2. The Balaban J connectivity index is 1.83. The Hall–Kier alpha value is -4.18. The van der Waals surface area contributed by atoms with Crippen molar-refractivity contribution in [2.75, 3.05) is 19.5 Å². The van der Waals surface area contributed by atoms with Gasteiger partial charge in [-0.15, -0.1) is 0 Å². The minimum atomic E-state index is -0.727. The van der Waals surface area contributed by atoms with E-state index >= 15 is 0 Å². The van der Waals surface area contributed by atoms with Gasteiger partial charge in [0.25, 0.3) is 11.6 Å². The summed E-state index contributed by atoms with van der Waals surface area (Å²) in [6, 6.07) is 14.8. The maximum absolute atomic E-state index is 13.1. The maximum atomic E-state index is 13.1. The average molecular weight is 603 g/mol. The molecule has 0 heterocycles. The van der Waals surface area contributed by atoms with Crippen molar-refractivity contribution in [3.8, 4) is 23.3 Å². The number of hydrogen-bond donors (Lipinski definition) is 1. The molecule has 0 atom stereocenters. The number of non-ortho nitro benzene ring substituents is 1. The molecule has 184 valence electrons. The zero-order valence-corrected chi connectivity index (χ0v) is 21.2. The number of carbonyl (C=O) groups is 1. The van der Waals surface area contributed by atoms with Crippen LogP contribution in [0.1, 0.15) is 11.1 Å². The van der Waals surface area contributed by atoms with Crippen molar-refractivity contribution in [3.05, 3.63) is 90.8 Å². The summed E-state index contributed by atoms with van der Waals surface area (Å²) in [6.45, 7) is 0.185. The first-order valence-electron chi connectivity index (χ1n) is 10.3. The second-order valence-corrected chi connectivity index (χ2v) is 8.38. The number of rotatable bonds is 9. The Morgan fingerprint density at radius 3 is 2.44 bits per heavy atom. The molecular formula is C25H19FIN3O6. The standard InChI is InChI=1S/C25H19FIN3O6/c1-34-22-12-19(30(32)33)7-8-21(22)29-25(31)17(13-28)9-16-10-20(27)24(23(11-16)35-2)36-14-15-3-5-18(26)6-4-15/h3-12H,14H2,1-2H3,(H,29,31)/b17-9-. The van der Waals surface area contributed by atoms with Gasteiger partial charge >= 0.3 is 0 Å². The lowest BCUT2D eigenvalue weighted by Gasteiger charge is -2.14. The topological polar surface area (TPSA) is 124 Å². The Morgan fingerprint density at radius 1 is 1.14 bits per heavy atom. The van der Waals surface area contributed by atoms with Crippen molar-refractivity contribution in [2.45, 2.75) is 6.61 Å². The number of nitro benzene ring substituents is 1. The van der Waals surface area contributed by atoms with Crippen LogP contribution in [-0.2, 0) is 11.4 Å². The summed E-state index contributed by atoms with van der Waals surface area (Å²) in [4.78, 5) is 23.1. The molecule has 9 nitrogen and oxygen atoms in total. The largest absolute Gasteiger partial charge is 0.494 e. The van der Waals surface area contributed by atoms with E-state index < -0.39 is 10.8 Å². The van der Waals surface area contributed by atoms with Crippen LogP contribution in [0.4, 0.5) is 15.8 Å². The molecule has 3 aromatic carbocycles. The van der Waals surface area contributed by atoms with E-state index in [1.165, 1.54) is 50.6 Å². The van der Waals surface area contributed by atoms with E-state index in [1.807, 2.05) is 28.7 Å². The van der Waals surface area contributed by atoms with Gasteiger partial charge in [0.15, 0.2) is 11.5 Å². The monoisotopic (exact) mass is 603 g/mol. The number of methoxy groups -OCH3 is 2. The van der Waals surface area contributed by atoms with Gasteiger partial charge < -0.3 is 19.5 Å². The molecule has 36 heavy (non-hydrogen) atoms. The number of nitriles is 1. The smallest absolute Gasteiger partial charge is 0.273 e. The Labute approximate surface area is 219 Å². The summed E-state index contributed by atoms with van der Waals surface area (Å²) in [6.07, 6.45) is 1.38. The van der Waals surface area contributed by atoms with E-state index in [1.54, 1.807) is 24.3 Å². The predicted molar refractivity (Wildman–Crippen MR) is 138 cm³/mol. The molecule has 0 saturated carbocycles. The third kappa shape index (κ3) is 6.48. The molecule has 0 spiro atoms. The minimum Gasteiger partial charge on any atom is -0.494 e. The predicted octanol–water partition coefficient (Wildman–Crippen LogP) is 5.48. The molecular weight excluding hydrogens is 584 g/mol. The average Bonchev–Trinajstić information content (AvgIpc) is 2.87. The molecule has 0 saturated heterocycles. The highest BCUT2D eigenvalue weighted by Gasteiger charge is 2.17. The fraction of sp³-hybridized carbons (Fsp3) is 0.120. The van der Waals surface area contributed by atoms with Gasteiger partial charge in [-0.1, -0.05) is 12.1 Å². The van der Waals surface area contributed by atoms with Gasteiger partial charge in [-0.25, -0.2) is 4.39 Å². The summed E-state index contributed by atoms with van der Waals surface area (Å²) < 4.78 is 30.2. The summed E-state index contributed by atoms with van der Waals surface area (Å²) in [5, 5.41) is 23.1. The van der Waals surface area contributed by atoms with E-state index in [9.17, 15) is 24.6 Å². The lowest BCUT2D eigenvalue weighted by molar-refractivity contribution is -0.384. The van der Waals surface area contributed by atoms with Crippen molar-refractivity contribution in [1.29, 1.82) is 5.26 Å². The first kappa shape index (κ1) is 26.4. The van der Waals surface area contributed by atoms with Crippen molar-refractivity contribution >= 4 is 45.9 Å². The van der Waals surface area contributed by atoms with Crippen LogP contribution in [0, 0.1) is 30.8 Å². The Morgan fingerprint density at radius 2 is 1.83 bits per heavy atom. The molecule has 0 unspecified atom stereocenters. The number of amides is 1. The minimum absolute atomic E-state index is 0.0775. The SMILES string of the molecule is COc1cc([N+](=O)[O-])ccc1NC(=O)/C(C#N)=C\c1cc(I)c(OCc2ccc(F)cc2)c(OC)c1. The van der Waals surface area contributed by atoms with Crippen LogP contribution >= 0.6 is 22.6 Å². The summed E-state index contributed by atoms with van der Waals surface area (Å²) >= 11 is 2.05. The molecule has 0 aliphatic carbocycles. The number of anilines is 1. The van der Waals surface area contributed by atoms with E-state index in [0.29, 0.717) is 20.6 Å². The van der Waals surface area contributed by atoms with Crippen molar-refractivity contribution in [3.63, 3.8) is 0 Å². The third-order valence-corrected chi connectivity index (χ3v) is 5.67. The second-order valence-electron chi connectivity index (χ2n) is 7.21. The second kappa shape index (κ2) is 12.0. The van der Waals surface area contributed by atoms with Crippen LogP contribution in [0.15, 0.2) is 60.2 Å². The Kier molecular flexibility index (Phi) is 8.80. The third-order valence-electron chi connectivity index (χ3n) is 4.87. The number of hydrogen-bond acceptors (Lipinski definition) is 7. The van der Waals surface area contributed by atoms with Crippen LogP contribution in [0.2, 0.25) is 0 Å². The van der Waals surface area contributed by atoms with Crippen LogP contribution in [0.25, 0.3) is 6.08 Å². The van der Waals surface area contributed by atoms with Crippen molar-refractivity contribution in [1.82, 2.24) is 0 Å². The zero-order valence-electron chi connectivity index (χ0n) is 19.1. The summed E-state index contributed by atoms with van der Waals surface area (Å²) in [5.74, 6) is -0.154. The van der Waals surface area contributed by atoms with Gasteiger partial charge in [0, 0.05) is 6.07 Å². The molecule has 0 radical (unpaired) electrons. The van der Waals surface area contributed by atoms with Gasteiger partial charge in [-0.2, -0.15) is 5.26 Å². The number of carbonyl (C=O) groups excluding carboxylic acids is 1. The lowest BCUT2D eigenvalue weighted by atomic mass is 10.1. The maximum Gasteiger partial charge on any atom is 0.273 e. The molecule has 3 aromatic rings. The summed E-state index contributed by atoms with van der Waals surface area (Å²) in [5.41, 5.74) is 1.03. The number of nitrogens with one attached hydrogen (secondary N) is 1. The van der Waals surface area contributed by atoms with Crippen LogP contribution in [0.3, 0.4) is 0 Å². The van der Waals surface area contributed by atoms with Gasteiger partial charge in [0.05, 0.1) is 34.5 Å². The normalized spacial score (nSPS) is 10.8. The lowest BCUT2D eigenvalue weighted by Crippen LogP contribution is -2.14. The molecule has 11 heteroatoms. The number of halogens is 2. The quantitative estimate of drug-likeness (QED) is 0.113. The molecule has 3 rings (SSSR count). The summed E-state index contributed by atoms with van der Waals surface area (Å²) in [7, 11) is 2.77. The number of benzene rings is 3. The first-order valence-corrected chi connectivity index (χ1v) is 11.3.